The van der Waals surface area contributed by atoms with E-state index < -0.39 is 14.9 Å². The van der Waals surface area contributed by atoms with Crippen LogP contribution in [0.1, 0.15) is 5.56 Å². The maximum atomic E-state index is 11.4. The molecular weight excluding hydrogens is 220 g/mol. The molecule has 0 aromatic heterocycles. The molecular formula is C8H6N2O4S. The number of benzene rings is 1. The molecule has 0 unspecified atom stereocenters. The third kappa shape index (κ3) is 1.61. The fraction of sp³-hybridized carbons (Fsp3) is 0.125. The lowest BCUT2D eigenvalue weighted by Gasteiger charge is -2.09. The van der Waals surface area contributed by atoms with Gasteiger partial charge < -0.3 is 0 Å². The molecule has 1 aromatic rings. The van der Waals surface area contributed by atoms with Crippen LogP contribution in [0, 0.1) is 10.1 Å². The molecule has 15 heavy (non-hydrogen) atoms. The van der Waals surface area contributed by atoms with E-state index in [1.54, 1.807) is 0 Å². The number of hydrogen-bond acceptors (Lipinski definition) is 4. The van der Waals surface area contributed by atoms with Crippen molar-refractivity contribution in [1.29, 1.82) is 0 Å². The van der Waals surface area contributed by atoms with Crippen molar-refractivity contribution in [2.45, 2.75) is 11.3 Å². The van der Waals surface area contributed by atoms with Crippen LogP contribution >= 0.6 is 0 Å². The first-order chi connectivity index (χ1) is 7.00. The molecule has 0 saturated carbocycles. The maximum absolute atomic E-state index is 11.4. The van der Waals surface area contributed by atoms with Crippen molar-refractivity contribution >= 4 is 21.9 Å². The highest BCUT2D eigenvalue weighted by Gasteiger charge is 2.23. The van der Waals surface area contributed by atoms with Gasteiger partial charge in [0.15, 0.2) is 0 Å². The van der Waals surface area contributed by atoms with E-state index in [0.717, 1.165) is 6.07 Å². The van der Waals surface area contributed by atoms with Gasteiger partial charge in [0.05, 0.1) is 9.82 Å². The smallest absolute Gasteiger partial charge is 0.258 e. The first-order valence-corrected chi connectivity index (χ1v) is 5.51. The standard InChI is InChI=1S/C8H6N2O4S/c11-10(12)7-2-1-6-3-4-9-15(13,14)8(6)5-7/h1-2,4-5H,3H2. The molecule has 1 aromatic carbocycles. The molecule has 1 aliphatic rings. The molecule has 0 atom stereocenters. The molecule has 0 aliphatic carbocycles. The van der Waals surface area contributed by atoms with Crippen molar-refractivity contribution in [3.63, 3.8) is 0 Å². The number of nitrogens with zero attached hydrogens (tertiary/aromatic N) is 2. The zero-order valence-corrected chi connectivity index (χ0v) is 8.27. The minimum absolute atomic E-state index is 0.0702. The van der Waals surface area contributed by atoms with Gasteiger partial charge in [-0.05, 0) is 5.56 Å². The van der Waals surface area contributed by atoms with Gasteiger partial charge in [-0.25, -0.2) is 0 Å². The number of rotatable bonds is 1. The lowest BCUT2D eigenvalue weighted by Crippen LogP contribution is -2.09. The summed E-state index contributed by atoms with van der Waals surface area (Å²) in [6.45, 7) is 0. The fourth-order valence-corrected chi connectivity index (χ4v) is 2.49. The number of fused-ring (bicyclic) bond motifs is 1. The highest BCUT2D eigenvalue weighted by molar-refractivity contribution is 7.90. The zero-order valence-electron chi connectivity index (χ0n) is 7.45. The number of non-ortho nitro benzene ring substituents is 1. The van der Waals surface area contributed by atoms with Crippen LogP contribution in [0.25, 0.3) is 0 Å². The van der Waals surface area contributed by atoms with Crippen molar-refractivity contribution in [3.8, 4) is 0 Å². The Morgan fingerprint density at radius 1 is 1.40 bits per heavy atom. The third-order valence-corrected chi connectivity index (χ3v) is 3.43. The van der Waals surface area contributed by atoms with Gasteiger partial charge in [0.25, 0.3) is 15.7 Å². The second kappa shape index (κ2) is 3.13. The Morgan fingerprint density at radius 3 is 2.80 bits per heavy atom. The normalized spacial score (nSPS) is 17.1. The maximum Gasteiger partial charge on any atom is 0.282 e. The van der Waals surface area contributed by atoms with Gasteiger partial charge in [0.1, 0.15) is 0 Å². The minimum atomic E-state index is -3.73. The van der Waals surface area contributed by atoms with E-state index in [0.29, 0.717) is 12.0 Å². The summed E-state index contributed by atoms with van der Waals surface area (Å²) in [5, 5.41) is 10.5. The molecule has 0 bridgehead atoms. The van der Waals surface area contributed by atoms with Crippen LogP contribution < -0.4 is 0 Å². The van der Waals surface area contributed by atoms with Crippen molar-refractivity contribution < 1.29 is 13.3 Å². The molecule has 7 heteroatoms. The van der Waals surface area contributed by atoms with E-state index in [2.05, 4.69) is 4.40 Å². The SMILES string of the molecule is O=[N+]([O-])c1ccc2c(c1)S(=O)(=O)N=CC2. The molecule has 0 saturated heterocycles. The minimum Gasteiger partial charge on any atom is -0.258 e. The Balaban J connectivity index is 2.68. The van der Waals surface area contributed by atoms with E-state index >= 15 is 0 Å². The average molecular weight is 226 g/mol. The zero-order chi connectivity index (χ0) is 11.1. The summed E-state index contributed by atoms with van der Waals surface area (Å²) in [7, 11) is -3.73. The molecule has 0 amide bonds. The number of sulfonamides is 1. The van der Waals surface area contributed by atoms with Crippen LogP contribution in [0.2, 0.25) is 0 Å². The molecule has 0 radical (unpaired) electrons. The fourth-order valence-electron chi connectivity index (χ4n) is 1.36. The van der Waals surface area contributed by atoms with E-state index in [4.69, 9.17) is 0 Å². The van der Waals surface area contributed by atoms with Gasteiger partial charge >= 0.3 is 0 Å². The Hall–Kier alpha value is -1.76. The van der Waals surface area contributed by atoms with Crippen LogP contribution in [0.4, 0.5) is 5.69 Å². The van der Waals surface area contributed by atoms with Crippen molar-refractivity contribution in [3.05, 3.63) is 33.9 Å². The second-order valence-electron chi connectivity index (χ2n) is 3.02. The molecule has 0 spiro atoms. The van der Waals surface area contributed by atoms with Crippen molar-refractivity contribution in [2.24, 2.45) is 4.40 Å². The van der Waals surface area contributed by atoms with Gasteiger partial charge in [0, 0.05) is 24.8 Å². The largest absolute Gasteiger partial charge is 0.282 e. The number of hydrogen-bond donors (Lipinski definition) is 0. The summed E-state index contributed by atoms with van der Waals surface area (Å²) in [6.07, 6.45) is 1.66. The van der Waals surface area contributed by atoms with Crippen LogP contribution in [0.3, 0.4) is 0 Å². The van der Waals surface area contributed by atoms with Crippen LogP contribution in [-0.2, 0) is 16.4 Å². The molecule has 78 valence electrons. The van der Waals surface area contributed by atoms with E-state index in [9.17, 15) is 18.5 Å². The summed E-state index contributed by atoms with van der Waals surface area (Å²) in [4.78, 5) is 9.77. The summed E-state index contributed by atoms with van der Waals surface area (Å²) in [5.74, 6) is 0. The first kappa shape index (κ1) is 9.78. The van der Waals surface area contributed by atoms with E-state index in [-0.39, 0.29) is 10.6 Å². The van der Waals surface area contributed by atoms with Crippen molar-refractivity contribution in [2.75, 3.05) is 0 Å². The lowest BCUT2D eigenvalue weighted by atomic mass is 10.1. The Labute approximate surface area is 85.5 Å². The third-order valence-electron chi connectivity index (χ3n) is 2.06. The van der Waals surface area contributed by atoms with Gasteiger partial charge in [0.2, 0.25) is 0 Å². The topological polar surface area (TPSA) is 89.6 Å². The van der Waals surface area contributed by atoms with Gasteiger partial charge in [-0.2, -0.15) is 12.8 Å². The Morgan fingerprint density at radius 2 is 2.13 bits per heavy atom. The molecule has 1 heterocycles. The predicted octanol–water partition coefficient (Wildman–Crippen LogP) is 0.910. The molecule has 0 fully saturated rings. The summed E-state index contributed by atoms with van der Waals surface area (Å²) < 4.78 is 26.2. The summed E-state index contributed by atoms with van der Waals surface area (Å²) >= 11 is 0. The van der Waals surface area contributed by atoms with Crippen LogP contribution in [0.5, 0.6) is 0 Å². The summed E-state index contributed by atoms with van der Waals surface area (Å²) in [6, 6.07) is 3.77. The Kier molecular flexibility index (Phi) is 2.04. The monoisotopic (exact) mass is 226 g/mol. The van der Waals surface area contributed by atoms with Crippen LogP contribution in [-0.4, -0.2) is 19.6 Å². The van der Waals surface area contributed by atoms with Crippen molar-refractivity contribution in [1.82, 2.24) is 0 Å². The van der Waals surface area contributed by atoms with E-state index in [1.165, 1.54) is 18.3 Å². The van der Waals surface area contributed by atoms with E-state index in [1.807, 2.05) is 0 Å². The quantitative estimate of drug-likeness (QED) is 0.525. The molecule has 0 N–H and O–H groups in total. The van der Waals surface area contributed by atoms with Gasteiger partial charge in [-0.3, -0.25) is 10.1 Å². The van der Waals surface area contributed by atoms with Gasteiger partial charge in [-0.15, -0.1) is 0 Å². The predicted molar refractivity (Wildman–Crippen MR) is 52.5 cm³/mol. The molecule has 6 nitrogen and oxygen atoms in total. The highest BCUT2D eigenvalue weighted by atomic mass is 32.2. The summed E-state index contributed by atoms with van der Waals surface area (Å²) in [5.41, 5.74) is 0.296. The van der Waals surface area contributed by atoms with Gasteiger partial charge in [-0.1, -0.05) is 6.07 Å². The average Bonchev–Trinajstić information content (AvgIpc) is 2.17. The molecule has 1 aliphatic heterocycles. The first-order valence-electron chi connectivity index (χ1n) is 4.07. The second-order valence-corrected chi connectivity index (χ2v) is 4.62. The number of nitro groups is 1. The Bertz CT molecular complexity index is 562. The lowest BCUT2D eigenvalue weighted by molar-refractivity contribution is -0.385. The number of nitro benzene ring substituents is 1. The van der Waals surface area contributed by atoms with Crippen LogP contribution in [0.15, 0.2) is 27.5 Å². The highest BCUT2D eigenvalue weighted by Crippen LogP contribution is 2.26. The molecule has 2 rings (SSSR count).